The highest BCUT2D eigenvalue weighted by Gasteiger charge is 2.23. The molecule has 1 saturated heterocycles. The molecule has 3 heterocycles. The predicted octanol–water partition coefficient (Wildman–Crippen LogP) is 4.50. The van der Waals surface area contributed by atoms with E-state index in [-0.39, 0.29) is 11.7 Å². The first-order valence-electron chi connectivity index (χ1n) is 11.3. The Morgan fingerprint density at radius 3 is 2.57 bits per heavy atom. The van der Waals surface area contributed by atoms with Crippen LogP contribution < -0.4 is 10.3 Å². The van der Waals surface area contributed by atoms with Gasteiger partial charge >= 0.3 is 0 Å². The Morgan fingerprint density at radius 2 is 1.80 bits per heavy atom. The molecule has 30 heavy (non-hydrogen) atoms. The number of aromatic nitrogens is 2. The molecule has 1 aliphatic carbocycles. The molecule has 5 heteroatoms. The summed E-state index contributed by atoms with van der Waals surface area (Å²) in [4.78, 5) is 14.3. The summed E-state index contributed by atoms with van der Waals surface area (Å²) >= 11 is 0. The van der Waals surface area contributed by atoms with Crippen molar-refractivity contribution in [1.29, 1.82) is 0 Å². The Balaban J connectivity index is 1.22. The lowest BCUT2D eigenvalue weighted by molar-refractivity contribution is 0.0979. The van der Waals surface area contributed by atoms with Crippen molar-refractivity contribution < 1.29 is 4.74 Å². The molecule has 0 radical (unpaired) electrons. The molecule has 3 aromatic rings. The summed E-state index contributed by atoms with van der Waals surface area (Å²) in [6.07, 6.45) is 11.7. The Hall–Kier alpha value is -2.53. The number of pyridine rings is 1. The summed E-state index contributed by atoms with van der Waals surface area (Å²) in [5.74, 6) is 1.02. The summed E-state index contributed by atoms with van der Waals surface area (Å²) < 4.78 is 10.6. The van der Waals surface area contributed by atoms with Crippen LogP contribution in [0.2, 0.25) is 0 Å². The van der Waals surface area contributed by atoms with Crippen molar-refractivity contribution in [1.82, 2.24) is 14.0 Å². The second-order valence-corrected chi connectivity index (χ2v) is 8.93. The molecule has 0 N–H and O–H groups in total. The Bertz CT molecular complexity index is 1070. The molecule has 1 aliphatic heterocycles. The summed E-state index contributed by atoms with van der Waals surface area (Å²) in [6, 6.07) is 13.1. The predicted molar refractivity (Wildman–Crippen MR) is 120 cm³/mol. The number of rotatable bonds is 5. The van der Waals surface area contributed by atoms with Crippen LogP contribution in [0.1, 0.15) is 50.1 Å². The lowest BCUT2D eigenvalue weighted by atomic mass is 10.1. The number of hydrogen-bond acceptors (Lipinski definition) is 3. The molecule has 0 bridgehead atoms. The van der Waals surface area contributed by atoms with Crippen molar-refractivity contribution in [2.24, 2.45) is 7.05 Å². The number of hydrogen-bond donors (Lipinski definition) is 0. The first kappa shape index (κ1) is 19.4. The van der Waals surface area contributed by atoms with Crippen LogP contribution >= 0.6 is 0 Å². The van der Waals surface area contributed by atoms with E-state index in [0.717, 1.165) is 43.8 Å². The number of ether oxygens (including phenoxy) is 1. The van der Waals surface area contributed by atoms with Crippen molar-refractivity contribution in [2.75, 3.05) is 13.1 Å². The van der Waals surface area contributed by atoms with Gasteiger partial charge in [0.15, 0.2) is 0 Å². The van der Waals surface area contributed by atoms with Crippen LogP contribution in [0.5, 0.6) is 5.75 Å². The minimum Gasteiger partial charge on any atom is -0.490 e. The smallest absolute Gasteiger partial charge is 0.250 e. The quantitative estimate of drug-likeness (QED) is 0.627. The van der Waals surface area contributed by atoms with Gasteiger partial charge in [-0.15, -0.1) is 0 Å². The van der Waals surface area contributed by atoms with Crippen molar-refractivity contribution in [3.05, 3.63) is 64.7 Å². The van der Waals surface area contributed by atoms with Crippen LogP contribution in [0.15, 0.2) is 53.6 Å². The first-order chi connectivity index (χ1) is 14.7. The second kappa shape index (κ2) is 8.31. The minimum absolute atomic E-state index is 0.0587. The maximum atomic E-state index is 11.9. The molecule has 5 nitrogen and oxygen atoms in total. The largest absolute Gasteiger partial charge is 0.490 e. The summed E-state index contributed by atoms with van der Waals surface area (Å²) in [6.45, 7) is 2.83. The van der Waals surface area contributed by atoms with Gasteiger partial charge in [-0.05, 0) is 55.5 Å². The average Bonchev–Trinajstić information content (AvgIpc) is 3.42. The standard InChI is InChI=1S/C25H31N3O2/c1-26-13-9-19(17-25(26)29)18-27-14-10-21(11-15-27)30-24-8-4-7-23-22(24)12-16-28(23)20-5-2-3-6-20/h4,7-9,12-13,16-17,20-21H,2-3,5-6,10-11,14-15,18H2,1H3. The average molecular weight is 406 g/mol. The zero-order chi connectivity index (χ0) is 20.5. The third-order valence-corrected chi connectivity index (χ3v) is 6.84. The zero-order valence-corrected chi connectivity index (χ0v) is 17.8. The molecule has 2 aromatic heterocycles. The normalized spacial score (nSPS) is 19.0. The zero-order valence-electron chi connectivity index (χ0n) is 17.8. The van der Waals surface area contributed by atoms with E-state index >= 15 is 0 Å². The Labute approximate surface area is 177 Å². The monoisotopic (exact) mass is 405 g/mol. The summed E-state index contributed by atoms with van der Waals surface area (Å²) in [7, 11) is 1.79. The fourth-order valence-corrected chi connectivity index (χ4v) is 5.07. The number of piperidine rings is 1. The van der Waals surface area contributed by atoms with Crippen molar-refractivity contribution in [3.63, 3.8) is 0 Å². The molecule has 0 spiro atoms. The van der Waals surface area contributed by atoms with Gasteiger partial charge < -0.3 is 13.9 Å². The Morgan fingerprint density at radius 1 is 1.00 bits per heavy atom. The maximum absolute atomic E-state index is 11.9. The number of benzene rings is 1. The minimum atomic E-state index is 0.0587. The lowest BCUT2D eigenvalue weighted by Gasteiger charge is -2.32. The second-order valence-electron chi connectivity index (χ2n) is 8.93. The van der Waals surface area contributed by atoms with E-state index in [1.807, 2.05) is 12.3 Å². The van der Waals surface area contributed by atoms with Gasteiger partial charge in [-0.1, -0.05) is 18.9 Å². The van der Waals surface area contributed by atoms with Gasteiger partial charge in [0.2, 0.25) is 0 Å². The molecule has 5 rings (SSSR count). The van der Waals surface area contributed by atoms with E-state index in [1.165, 1.54) is 36.6 Å². The molecule has 1 saturated carbocycles. The van der Waals surface area contributed by atoms with Gasteiger partial charge in [0.1, 0.15) is 11.9 Å². The molecular weight excluding hydrogens is 374 g/mol. The van der Waals surface area contributed by atoms with E-state index in [4.69, 9.17) is 4.74 Å². The fraction of sp³-hybridized carbons (Fsp3) is 0.480. The number of nitrogens with zero attached hydrogens (tertiary/aromatic N) is 3. The summed E-state index contributed by atoms with van der Waals surface area (Å²) in [5, 5.41) is 1.24. The van der Waals surface area contributed by atoms with E-state index in [2.05, 4.69) is 39.9 Å². The Kier molecular flexibility index (Phi) is 5.38. The highest BCUT2D eigenvalue weighted by Crippen LogP contribution is 2.36. The van der Waals surface area contributed by atoms with Crippen LogP contribution in [0.4, 0.5) is 0 Å². The number of likely N-dealkylation sites (tertiary alicyclic amines) is 1. The molecule has 158 valence electrons. The highest BCUT2D eigenvalue weighted by atomic mass is 16.5. The third-order valence-electron chi connectivity index (χ3n) is 6.84. The van der Waals surface area contributed by atoms with Crippen molar-refractivity contribution in [3.8, 4) is 5.75 Å². The van der Waals surface area contributed by atoms with Gasteiger partial charge in [0.05, 0.1) is 5.52 Å². The van der Waals surface area contributed by atoms with Gasteiger partial charge in [-0.25, -0.2) is 0 Å². The maximum Gasteiger partial charge on any atom is 0.250 e. The molecule has 2 aliphatic rings. The third kappa shape index (κ3) is 3.91. The van der Waals surface area contributed by atoms with Gasteiger partial charge in [0, 0.05) is 56.6 Å². The van der Waals surface area contributed by atoms with Crippen LogP contribution in [0.3, 0.4) is 0 Å². The van der Waals surface area contributed by atoms with Crippen LogP contribution in [-0.2, 0) is 13.6 Å². The van der Waals surface area contributed by atoms with Crippen LogP contribution in [0.25, 0.3) is 10.9 Å². The lowest BCUT2D eigenvalue weighted by Crippen LogP contribution is -2.38. The first-order valence-corrected chi connectivity index (χ1v) is 11.3. The van der Waals surface area contributed by atoms with Gasteiger partial charge in [0.25, 0.3) is 5.56 Å². The van der Waals surface area contributed by atoms with Crippen LogP contribution in [-0.4, -0.2) is 33.2 Å². The molecule has 0 unspecified atom stereocenters. The van der Waals surface area contributed by atoms with E-state index < -0.39 is 0 Å². The van der Waals surface area contributed by atoms with E-state index in [9.17, 15) is 4.79 Å². The molecule has 0 atom stereocenters. The number of fused-ring (bicyclic) bond motifs is 1. The molecular formula is C25H31N3O2. The van der Waals surface area contributed by atoms with Crippen molar-refractivity contribution in [2.45, 2.75) is 57.2 Å². The van der Waals surface area contributed by atoms with E-state index in [1.54, 1.807) is 17.7 Å². The number of aryl methyl sites for hydroxylation is 1. The molecule has 1 aromatic carbocycles. The fourth-order valence-electron chi connectivity index (χ4n) is 5.07. The topological polar surface area (TPSA) is 39.4 Å². The van der Waals surface area contributed by atoms with Crippen molar-refractivity contribution >= 4 is 10.9 Å². The molecule has 2 fully saturated rings. The van der Waals surface area contributed by atoms with Gasteiger partial charge in [-0.3, -0.25) is 9.69 Å². The summed E-state index contributed by atoms with van der Waals surface area (Å²) in [5.41, 5.74) is 2.46. The van der Waals surface area contributed by atoms with E-state index in [0.29, 0.717) is 6.04 Å². The SMILES string of the molecule is Cn1ccc(CN2CCC(Oc3cccc4c3ccn4C3CCCC3)CC2)cc1=O. The highest BCUT2D eigenvalue weighted by molar-refractivity contribution is 5.86. The van der Waals surface area contributed by atoms with Crippen LogP contribution in [0, 0.1) is 0 Å². The van der Waals surface area contributed by atoms with Gasteiger partial charge in [-0.2, -0.15) is 0 Å². The molecule has 0 amide bonds.